The fraction of sp³-hybridized carbons (Fsp3) is 0.739. The Morgan fingerprint density at radius 3 is 2.53 bits per heavy atom. The molecule has 0 radical (unpaired) electrons. The van der Waals surface area contributed by atoms with Crippen LogP contribution in [-0.4, -0.2) is 91.2 Å². The molecule has 3 heterocycles. The van der Waals surface area contributed by atoms with Crippen LogP contribution < -0.4 is 4.74 Å². The number of rotatable bonds is 10. The molecule has 1 aromatic heterocycles. The van der Waals surface area contributed by atoms with Gasteiger partial charge in [0.05, 0.1) is 25.8 Å². The number of ether oxygens (including phenoxy) is 4. The summed E-state index contributed by atoms with van der Waals surface area (Å²) in [4.78, 5) is 20.3. The summed E-state index contributed by atoms with van der Waals surface area (Å²) < 4.78 is 23.8. The second-order valence-electron chi connectivity index (χ2n) is 9.32. The van der Waals surface area contributed by atoms with E-state index >= 15 is 0 Å². The standard InChI is InChI=1S/C23H36BrN3O5/c1-23(2,3)32-22(28)27-16-20(17-27)30-13-4-12-29-14-11-26-9-7-19(8-10-26)31-21-6-5-18(24)15-25-21/h5-6,15,19-20H,4,7-14,16-17H2,1-3H3. The maximum Gasteiger partial charge on any atom is 0.410 e. The molecule has 2 saturated heterocycles. The van der Waals surface area contributed by atoms with E-state index in [4.69, 9.17) is 18.9 Å². The lowest BCUT2D eigenvalue weighted by atomic mass is 10.1. The summed E-state index contributed by atoms with van der Waals surface area (Å²) >= 11 is 3.39. The Balaban J connectivity index is 1.14. The quantitative estimate of drug-likeness (QED) is 0.441. The second kappa shape index (κ2) is 12.2. The van der Waals surface area contributed by atoms with Gasteiger partial charge < -0.3 is 28.7 Å². The molecular weight excluding hydrogens is 478 g/mol. The molecule has 0 aliphatic carbocycles. The zero-order valence-electron chi connectivity index (χ0n) is 19.4. The van der Waals surface area contributed by atoms with Crippen LogP contribution >= 0.6 is 15.9 Å². The molecule has 0 N–H and O–H groups in total. The predicted molar refractivity (Wildman–Crippen MR) is 125 cm³/mol. The van der Waals surface area contributed by atoms with Crippen LogP contribution in [0.5, 0.6) is 5.88 Å². The lowest BCUT2D eigenvalue weighted by molar-refractivity contribution is -0.0667. The van der Waals surface area contributed by atoms with Crippen LogP contribution in [-0.2, 0) is 14.2 Å². The van der Waals surface area contributed by atoms with Crippen molar-refractivity contribution in [3.05, 3.63) is 22.8 Å². The highest BCUT2D eigenvalue weighted by Gasteiger charge is 2.34. The molecule has 0 bridgehead atoms. The van der Waals surface area contributed by atoms with Crippen molar-refractivity contribution >= 4 is 22.0 Å². The molecular formula is C23H36BrN3O5. The summed E-state index contributed by atoms with van der Waals surface area (Å²) in [6.45, 7) is 11.9. The summed E-state index contributed by atoms with van der Waals surface area (Å²) in [5.41, 5.74) is -0.457. The van der Waals surface area contributed by atoms with Crippen LogP contribution in [0.4, 0.5) is 4.79 Å². The average molecular weight is 514 g/mol. The minimum atomic E-state index is -0.457. The van der Waals surface area contributed by atoms with Gasteiger partial charge in [-0.25, -0.2) is 9.78 Å². The number of hydrogen-bond donors (Lipinski definition) is 0. The van der Waals surface area contributed by atoms with Crippen molar-refractivity contribution in [2.45, 2.75) is 57.8 Å². The number of amides is 1. The number of likely N-dealkylation sites (tertiary alicyclic amines) is 2. The molecule has 0 saturated carbocycles. The van der Waals surface area contributed by atoms with E-state index in [0.717, 1.165) is 50.0 Å². The summed E-state index contributed by atoms with van der Waals surface area (Å²) in [5.74, 6) is 0.691. The Kier molecular flexibility index (Phi) is 9.58. The van der Waals surface area contributed by atoms with Crippen molar-refractivity contribution < 1.29 is 23.7 Å². The zero-order chi connectivity index (χ0) is 23.0. The monoisotopic (exact) mass is 513 g/mol. The molecule has 2 fully saturated rings. The zero-order valence-corrected chi connectivity index (χ0v) is 21.0. The minimum Gasteiger partial charge on any atom is -0.474 e. The molecule has 8 nitrogen and oxygen atoms in total. The van der Waals surface area contributed by atoms with Gasteiger partial charge in [0.2, 0.25) is 5.88 Å². The number of pyridine rings is 1. The summed E-state index contributed by atoms with van der Waals surface area (Å²) in [6.07, 6.45) is 4.72. The van der Waals surface area contributed by atoms with Gasteiger partial charge in [-0.05, 0) is 62.0 Å². The van der Waals surface area contributed by atoms with Crippen LogP contribution in [0, 0.1) is 0 Å². The van der Waals surface area contributed by atoms with Gasteiger partial charge in [0.25, 0.3) is 0 Å². The van der Waals surface area contributed by atoms with Crippen LogP contribution in [0.15, 0.2) is 22.8 Å². The molecule has 0 atom stereocenters. The van der Waals surface area contributed by atoms with Crippen LogP contribution in [0.1, 0.15) is 40.0 Å². The molecule has 2 aliphatic rings. The lowest BCUT2D eigenvalue weighted by Crippen LogP contribution is -2.56. The largest absolute Gasteiger partial charge is 0.474 e. The molecule has 2 aliphatic heterocycles. The van der Waals surface area contributed by atoms with Crippen molar-refractivity contribution in [3.8, 4) is 5.88 Å². The Bertz CT molecular complexity index is 699. The van der Waals surface area contributed by atoms with Gasteiger partial charge in [0.1, 0.15) is 11.7 Å². The Labute approximate surface area is 199 Å². The first-order valence-electron chi connectivity index (χ1n) is 11.5. The van der Waals surface area contributed by atoms with E-state index in [1.165, 1.54) is 0 Å². The van der Waals surface area contributed by atoms with E-state index in [2.05, 4.69) is 25.8 Å². The summed E-state index contributed by atoms with van der Waals surface area (Å²) in [7, 11) is 0. The van der Waals surface area contributed by atoms with Crippen molar-refractivity contribution in [2.75, 3.05) is 52.5 Å². The fourth-order valence-electron chi connectivity index (χ4n) is 3.58. The fourth-order valence-corrected chi connectivity index (χ4v) is 3.81. The van der Waals surface area contributed by atoms with Gasteiger partial charge in [0, 0.05) is 49.6 Å². The average Bonchev–Trinajstić information content (AvgIpc) is 2.70. The third-order valence-electron chi connectivity index (χ3n) is 5.36. The molecule has 180 valence electrons. The molecule has 9 heteroatoms. The summed E-state index contributed by atoms with van der Waals surface area (Å²) in [6, 6.07) is 3.85. The summed E-state index contributed by atoms with van der Waals surface area (Å²) in [5, 5.41) is 0. The van der Waals surface area contributed by atoms with Crippen molar-refractivity contribution in [3.63, 3.8) is 0 Å². The van der Waals surface area contributed by atoms with E-state index in [0.29, 0.717) is 32.2 Å². The number of piperidine rings is 1. The Morgan fingerprint density at radius 1 is 1.12 bits per heavy atom. The Morgan fingerprint density at radius 2 is 1.88 bits per heavy atom. The second-order valence-corrected chi connectivity index (χ2v) is 10.2. The van der Waals surface area contributed by atoms with Crippen molar-refractivity contribution in [2.24, 2.45) is 0 Å². The molecule has 0 aromatic carbocycles. The number of aromatic nitrogens is 1. The van der Waals surface area contributed by atoms with E-state index in [1.54, 1.807) is 11.1 Å². The molecule has 1 aromatic rings. The van der Waals surface area contributed by atoms with Crippen LogP contribution in [0.3, 0.4) is 0 Å². The van der Waals surface area contributed by atoms with Gasteiger partial charge >= 0.3 is 6.09 Å². The van der Waals surface area contributed by atoms with Gasteiger partial charge in [-0.15, -0.1) is 0 Å². The highest BCUT2D eigenvalue weighted by Crippen LogP contribution is 2.19. The number of carbonyl (C=O) groups is 1. The SMILES string of the molecule is CC(C)(C)OC(=O)N1CC(OCCCOCCN2CCC(Oc3ccc(Br)cn3)CC2)C1. The van der Waals surface area contributed by atoms with E-state index in [-0.39, 0.29) is 18.3 Å². The first kappa shape index (κ1) is 25.2. The van der Waals surface area contributed by atoms with Gasteiger partial charge in [-0.3, -0.25) is 0 Å². The molecule has 32 heavy (non-hydrogen) atoms. The highest BCUT2D eigenvalue weighted by atomic mass is 79.9. The Hall–Kier alpha value is -1.42. The first-order valence-corrected chi connectivity index (χ1v) is 12.3. The molecule has 0 spiro atoms. The molecule has 0 unspecified atom stereocenters. The number of carbonyl (C=O) groups excluding carboxylic acids is 1. The van der Waals surface area contributed by atoms with Crippen LogP contribution in [0.25, 0.3) is 0 Å². The number of hydrogen-bond acceptors (Lipinski definition) is 7. The van der Waals surface area contributed by atoms with Gasteiger partial charge in [0.15, 0.2) is 0 Å². The highest BCUT2D eigenvalue weighted by molar-refractivity contribution is 9.10. The number of nitrogens with zero attached hydrogens (tertiary/aromatic N) is 3. The van der Waals surface area contributed by atoms with E-state index < -0.39 is 5.60 Å². The van der Waals surface area contributed by atoms with E-state index in [1.807, 2.05) is 32.9 Å². The van der Waals surface area contributed by atoms with Crippen molar-refractivity contribution in [1.29, 1.82) is 0 Å². The molecule has 3 rings (SSSR count). The minimum absolute atomic E-state index is 0.110. The normalized spacial score (nSPS) is 18.4. The maximum atomic E-state index is 11.9. The lowest BCUT2D eigenvalue weighted by Gasteiger charge is -2.39. The van der Waals surface area contributed by atoms with Crippen LogP contribution in [0.2, 0.25) is 0 Å². The number of halogens is 1. The third kappa shape index (κ3) is 8.84. The smallest absolute Gasteiger partial charge is 0.410 e. The third-order valence-corrected chi connectivity index (χ3v) is 5.83. The van der Waals surface area contributed by atoms with Crippen molar-refractivity contribution in [1.82, 2.24) is 14.8 Å². The van der Waals surface area contributed by atoms with Gasteiger partial charge in [-0.2, -0.15) is 0 Å². The molecule has 1 amide bonds. The van der Waals surface area contributed by atoms with Gasteiger partial charge in [-0.1, -0.05) is 0 Å². The first-order chi connectivity index (χ1) is 15.3. The predicted octanol–water partition coefficient (Wildman–Crippen LogP) is 3.73. The topological polar surface area (TPSA) is 73.4 Å². The van der Waals surface area contributed by atoms with E-state index in [9.17, 15) is 4.79 Å². The maximum absolute atomic E-state index is 11.9.